The van der Waals surface area contributed by atoms with Crippen LogP contribution in [0.4, 0.5) is 0 Å². The fourth-order valence-corrected chi connectivity index (χ4v) is 6.17. The molecule has 0 saturated heterocycles. The lowest BCUT2D eigenvalue weighted by atomic mass is 10.3. The van der Waals surface area contributed by atoms with Crippen molar-refractivity contribution in [3.05, 3.63) is 62.5 Å². The minimum atomic E-state index is -3.57. The highest BCUT2D eigenvalue weighted by Crippen LogP contribution is 2.30. The average molecular weight is 418 g/mol. The van der Waals surface area contributed by atoms with Gasteiger partial charge in [0.15, 0.2) is 0 Å². The maximum absolute atomic E-state index is 12.9. The molecule has 0 fully saturated rings. The van der Waals surface area contributed by atoms with Gasteiger partial charge in [-0.2, -0.15) is 15.6 Å². The van der Waals surface area contributed by atoms with E-state index in [1.165, 1.54) is 15.6 Å². The zero-order valence-electron chi connectivity index (χ0n) is 11.3. The molecule has 0 bridgehead atoms. The maximum atomic E-state index is 12.9. The number of sulfonamides is 1. The van der Waals surface area contributed by atoms with Gasteiger partial charge in [0, 0.05) is 6.54 Å². The Bertz CT molecular complexity index is 786. The fraction of sp³-hybridized carbons (Fsp3) is 0.143. The van der Waals surface area contributed by atoms with E-state index in [0.29, 0.717) is 16.5 Å². The van der Waals surface area contributed by atoms with E-state index in [9.17, 15) is 8.42 Å². The molecule has 3 aromatic heterocycles. The smallest absolute Gasteiger partial charge is 0.253 e. The van der Waals surface area contributed by atoms with Crippen LogP contribution in [0, 0.1) is 0 Å². The van der Waals surface area contributed by atoms with Crippen LogP contribution in [0.2, 0.25) is 0 Å². The summed E-state index contributed by atoms with van der Waals surface area (Å²) in [6.07, 6.45) is 1.55. The minimum Gasteiger partial charge on any atom is -0.468 e. The van der Waals surface area contributed by atoms with E-state index in [4.69, 9.17) is 4.42 Å². The van der Waals surface area contributed by atoms with Gasteiger partial charge < -0.3 is 4.42 Å². The lowest BCUT2D eigenvalue weighted by Crippen LogP contribution is -2.29. The molecule has 0 aliphatic rings. The van der Waals surface area contributed by atoms with E-state index in [-0.39, 0.29) is 6.54 Å². The number of thiophene rings is 2. The van der Waals surface area contributed by atoms with Crippen molar-refractivity contribution >= 4 is 48.6 Å². The fourth-order valence-electron chi connectivity index (χ4n) is 1.95. The summed E-state index contributed by atoms with van der Waals surface area (Å²) in [5.41, 5.74) is 0.968. The number of halogens is 1. The summed E-state index contributed by atoms with van der Waals surface area (Å²) in [7, 11) is -3.57. The first-order valence-corrected chi connectivity index (χ1v) is 10.3. The molecule has 3 aromatic rings. The van der Waals surface area contributed by atoms with Crippen LogP contribution in [0.3, 0.4) is 0 Å². The molecule has 4 nitrogen and oxygen atoms in total. The van der Waals surface area contributed by atoms with Crippen molar-refractivity contribution in [2.45, 2.75) is 17.3 Å². The molecule has 0 N–H and O–H groups in total. The Morgan fingerprint density at radius 2 is 2.05 bits per heavy atom. The third kappa shape index (κ3) is 3.52. The van der Waals surface area contributed by atoms with Gasteiger partial charge in [0.05, 0.1) is 16.6 Å². The van der Waals surface area contributed by atoms with Crippen LogP contribution < -0.4 is 0 Å². The summed E-state index contributed by atoms with van der Waals surface area (Å²) >= 11 is 6.07. The Hall–Kier alpha value is -0.930. The van der Waals surface area contributed by atoms with Crippen molar-refractivity contribution in [3.8, 4) is 0 Å². The topological polar surface area (TPSA) is 50.5 Å². The summed E-state index contributed by atoms with van der Waals surface area (Å²) in [5.74, 6) is 0.620. The van der Waals surface area contributed by atoms with Gasteiger partial charge in [0.25, 0.3) is 10.0 Å². The Labute approximate surface area is 145 Å². The van der Waals surface area contributed by atoms with Crippen LogP contribution in [-0.4, -0.2) is 12.7 Å². The van der Waals surface area contributed by atoms with Crippen molar-refractivity contribution in [2.75, 3.05) is 0 Å². The first kappa shape index (κ1) is 15.9. The summed E-state index contributed by atoms with van der Waals surface area (Å²) < 4.78 is 33.6. The molecule has 3 rings (SSSR count). The van der Waals surface area contributed by atoms with Crippen LogP contribution in [0.25, 0.3) is 0 Å². The van der Waals surface area contributed by atoms with E-state index in [1.807, 2.05) is 16.8 Å². The summed E-state index contributed by atoms with van der Waals surface area (Å²) in [4.78, 5) is 0. The van der Waals surface area contributed by atoms with E-state index >= 15 is 0 Å². The van der Waals surface area contributed by atoms with Crippen molar-refractivity contribution < 1.29 is 12.8 Å². The molecule has 0 aromatic carbocycles. The first-order valence-electron chi connectivity index (χ1n) is 6.34. The van der Waals surface area contributed by atoms with Crippen molar-refractivity contribution in [2.24, 2.45) is 0 Å². The summed E-state index contributed by atoms with van der Waals surface area (Å²) in [6, 6.07) is 8.83. The third-order valence-electron chi connectivity index (χ3n) is 2.99. The van der Waals surface area contributed by atoms with Gasteiger partial charge in [-0.05, 0) is 62.6 Å². The lowest BCUT2D eigenvalue weighted by Gasteiger charge is -2.19. The quantitative estimate of drug-likeness (QED) is 0.590. The van der Waals surface area contributed by atoms with Gasteiger partial charge in [-0.15, -0.1) is 11.3 Å². The highest BCUT2D eigenvalue weighted by Gasteiger charge is 2.27. The molecule has 116 valence electrons. The molecular formula is C14H12BrNO3S3. The second kappa shape index (κ2) is 6.67. The Kier molecular flexibility index (Phi) is 4.84. The lowest BCUT2D eigenvalue weighted by molar-refractivity contribution is 0.359. The average Bonchev–Trinajstić information content (AvgIpc) is 3.19. The van der Waals surface area contributed by atoms with Gasteiger partial charge in [-0.25, -0.2) is 8.42 Å². The molecule has 0 radical (unpaired) electrons. The van der Waals surface area contributed by atoms with Gasteiger partial charge in [-0.1, -0.05) is 0 Å². The molecule has 0 aliphatic carbocycles. The largest absolute Gasteiger partial charge is 0.468 e. The standard InChI is InChI=1S/C14H12BrNO3S3/c15-13-3-4-14(21-13)22(17,18)16(8-11-5-7-20-10-11)9-12-2-1-6-19-12/h1-7,10H,8-9H2. The number of hydrogen-bond acceptors (Lipinski definition) is 5. The number of furan rings is 1. The predicted molar refractivity (Wildman–Crippen MR) is 91.5 cm³/mol. The van der Waals surface area contributed by atoms with Crippen molar-refractivity contribution in [1.82, 2.24) is 4.31 Å². The van der Waals surface area contributed by atoms with Gasteiger partial charge in [-0.3, -0.25) is 0 Å². The van der Waals surface area contributed by atoms with Crippen molar-refractivity contribution in [3.63, 3.8) is 0 Å². The number of nitrogens with zero attached hydrogens (tertiary/aromatic N) is 1. The molecule has 0 spiro atoms. The molecule has 0 unspecified atom stereocenters. The SMILES string of the molecule is O=S(=O)(c1ccc(Br)s1)N(Cc1ccsc1)Cc1ccco1. The van der Waals surface area contributed by atoms with Gasteiger partial charge in [0.2, 0.25) is 0 Å². The summed E-state index contributed by atoms with van der Waals surface area (Å²) in [6.45, 7) is 0.531. The summed E-state index contributed by atoms with van der Waals surface area (Å²) in [5, 5.41) is 3.89. The second-order valence-electron chi connectivity index (χ2n) is 4.54. The van der Waals surface area contributed by atoms with Crippen LogP contribution in [0.15, 0.2) is 59.8 Å². The maximum Gasteiger partial charge on any atom is 0.253 e. The molecule has 0 amide bonds. The highest BCUT2D eigenvalue weighted by atomic mass is 79.9. The zero-order chi connectivity index (χ0) is 15.6. The van der Waals surface area contributed by atoms with E-state index in [1.54, 1.807) is 41.9 Å². The Morgan fingerprint density at radius 1 is 1.18 bits per heavy atom. The molecule has 0 aliphatic heterocycles. The molecule has 0 saturated carbocycles. The van der Waals surface area contributed by atoms with Gasteiger partial charge >= 0.3 is 0 Å². The molecular weight excluding hydrogens is 406 g/mol. The van der Waals surface area contributed by atoms with E-state index in [2.05, 4.69) is 15.9 Å². The van der Waals surface area contributed by atoms with Crippen molar-refractivity contribution in [1.29, 1.82) is 0 Å². The molecule has 8 heteroatoms. The van der Waals surface area contributed by atoms with Crippen LogP contribution in [0.5, 0.6) is 0 Å². The highest BCUT2D eigenvalue weighted by molar-refractivity contribution is 9.11. The van der Waals surface area contributed by atoms with Crippen LogP contribution >= 0.6 is 38.6 Å². The van der Waals surface area contributed by atoms with Crippen LogP contribution in [0.1, 0.15) is 11.3 Å². The Balaban J connectivity index is 1.93. The molecule has 3 heterocycles. The zero-order valence-corrected chi connectivity index (χ0v) is 15.3. The minimum absolute atomic E-state index is 0.209. The van der Waals surface area contributed by atoms with Crippen LogP contribution in [-0.2, 0) is 23.1 Å². The third-order valence-corrected chi connectivity index (χ3v) is 7.61. The van der Waals surface area contributed by atoms with E-state index < -0.39 is 10.0 Å². The normalized spacial score (nSPS) is 12.1. The Morgan fingerprint density at radius 3 is 2.64 bits per heavy atom. The number of hydrogen-bond donors (Lipinski definition) is 0. The predicted octanol–water partition coefficient (Wildman–Crippen LogP) is 4.56. The molecule has 22 heavy (non-hydrogen) atoms. The monoisotopic (exact) mass is 417 g/mol. The number of rotatable bonds is 6. The first-order chi connectivity index (χ1) is 10.6. The van der Waals surface area contributed by atoms with Gasteiger partial charge in [0.1, 0.15) is 9.97 Å². The second-order valence-corrected chi connectivity index (χ2v) is 9.95. The molecule has 0 atom stereocenters. The van der Waals surface area contributed by atoms with E-state index in [0.717, 1.165) is 9.35 Å².